The molecule has 2 N–H and O–H groups in total. The van der Waals surface area contributed by atoms with Crippen LogP contribution in [0.2, 0.25) is 0 Å². The van der Waals surface area contributed by atoms with Crippen LogP contribution in [0.1, 0.15) is 28.9 Å². The molecule has 2 heterocycles. The summed E-state index contributed by atoms with van der Waals surface area (Å²) in [5.74, 6) is 0.833. The molecular weight excluding hydrogens is 491 g/mol. The first-order valence-electron chi connectivity index (χ1n) is 10.5. The van der Waals surface area contributed by atoms with E-state index in [9.17, 15) is 0 Å². The number of aryl methyl sites for hydroxylation is 3. The molecule has 8 heteroatoms. The van der Waals surface area contributed by atoms with Crippen molar-refractivity contribution in [1.82, 2.24) is 25.3 Å². The first-order valence-corrected chi connectivity index (χ1v) is 10.5. The highest BCUT2D eigenvalue weighted by atomic mass is 127. The third-order valence-electron chi connectivity index (χ3n) is 5.23. The standard InChI is InChI=1S/C22H34N6O.HI/c1-18-15-19(2)28(26-18)10-6-9-24-22(23-3)25-16-20-7-4-5-8-21(20)17-27-11-13-29-14-12-27;/h4-5,7-8,15H,6,9-14,16-17H2,1-3H3,(H2,23,24,25);1H. The van der Waals surface area contributed by atoms with E-state index in [0.29, 0.717) is 0 Å². The number of rotatable bonds is 8. The van der Waals surface area contributed by atoms with Crippen LogP contribution in [0.15, 0.2) is 35.3 Å². The number of ether oxygens (including phenoxy) is 1. The summed E-state index contributed by atoms with van der Waals surface area (Å²) in [7, 11) is 1.82. The number of benzene rings is 1. The van der Waals surface area contributed by atoms with E-state index in [-0.39, 0.29) is 24.0 Å². The van der Waals surface area contributed by atoms with Crippen LogP contribution >= 0.6 is 24.0 Å². The normalized spacial score (nSPS) is 15.0. The zero-order valence-corrected chi connectivity index (χ0v) is 20.7. The summed E-state index contributed by atoms with van der Waals surface area (Å²) in [6, 6.07) is 10.7. The minimum atomic E-state index is 0. The second-order valence-electron chi connectivity index (χ2n) is 7.51. The van der Waals surface area contributed by atoms with Crippen molar-refractivity contribution in [3.05, 3.63) is 52.8 Å². The van der Waals surface area contributed by atoms with Crippen LogP contribution in [0.4, 0.5) is 0 Å². The number of nitrogens with zero attached hydrogens (tertiary/aromatic N) is 4. The Kier molecular flexibility index (Phi) is 10.6. The Morgan fingerprint density at radius 1 is 1.13 bits per heavy atom. The SMILES string of the molecule is CN=C(NCCCn1nc(C)cc1C)NCc1ccccc1CN1CCOCC1.I. The number of guanidine groups is 1. The minimum absolute atomic E-state index is 0. The zero-order valence-electron chi connectivity index (χ0n) is 18.4. The second kappa shape index (κ2) is 12.9. The molecule has 166 valence electrons. The molecule has 0 aliphatic carbocycles. The summed E-state index contributed by atoms with van der Waals surface area (Å²) in [4.78, 5) is 6.81. The van der Waals surface area contributed by atoms with E-state index in [4.69, 9.17) is 4.74 Å². The van der Waals surface area contributed by atoms with Gasteiger partial charge in [-0.3, -0.25) is 14.6 Å². The molecule has 0 bridgehead atoms. The van der Waals surface area contributed by atoms with Gasteiger partial charge in [0.05, 0.1) is 18.9 Å². The first kappa shape index (κ1) is 24.6. The third-order valence-corrected chi connectivity index (χ3v) is 5.23. The van der Waals surface area contributed by atoms with Crippen molar-refractivity contribution in [2.75, 3.05) is 39.9 Å². The van der Waals surface area contributed by atoms with Crippen LogP contribution in [0, 0.1) is 13.8 Å². The summed E-state index contributed by atoms with van der Waals surface area (Å²) in [5.41, 5.74) is 4.96. The lowest BCUT2D eigenvalue weighted by Crippen LogP contribution is -2.38. The highest BCUT2D eigenvalue weighted by Crippen LogP contribution is 2.13. The molecule has 0 spiro atoms. The van der Waals surface area contributed by atoms with Gasteiger partial charge < -0.3 is 15.4 Å². The van der Waals surface area contributed by atoms with Gasteiger partial charge in [0.15, 0.2) is 5.96 Å². The quantitative estimate of drug-likeness (QED) is 0.240. The van der Waals surface area contributed by atoms with Gasteiger partial charge in [-0.2, -0.15) is 5.10 Å². The van der Waals surface area contributed by atoms with Gasteiger partial charge in [0.25, 0.3) is 0 Å². The lowest BCUT2D eigenvalue weighted by molar-refractivity contribution is 0.0341. The number of morpholine rings is 1. The summed E-state index contributed by atoms with van der Waals surface area (Å²) >= 11 is 0. The molecule has 1 aliphatic heterocycles. The van der Waals surface area contributed by atoms with Crippen LogP contribution in [0.25, 0.3) is 0 Å². The van der Waals surface area contributed by atoms with Crippen molar-refractivity contribution >= 4 is 29.9 Å². The van der Waals surface area contributed by atoms with Crippen LogP contribution < -0.4 is 10.6 Å². The maximum Gasteiger partial charge on any atom is 0.191 e. The predicted molar refractivity (Wildman–Crippen MR) is 132 cm³/mol. The molecule has 0 unspecified atom stereocenters. The maximum atomic E-state index is 5.46. The van der Waals surface area contributed by atoms with Crippen LogP contribution in [-0.2, 0) is 24.4 Å². The van der Waals surface area contributed by atoms with Crippen molar-refractivity contribution in [2.24, 2.45) is 4.99 Å². The molecular formula is C22H35IN6O. The molecule has 1 aliphatic rings. The van der Waals surface area contributed by atoms with Gasteiger partial charge in [-0.15, -0.1) is 24.0 Å². The fraction of sp³-hybridized carbons (Fsp3) is 0.545. The largest absolute Gasteiger partial charge is 0.379 e. The number of aliphatic imine (C=N–C) groups is 1. The molecule has 0 atom stereocenters. The Morgan fingerprint density at radius 3 is 2.53 bits per heavy atom. The van der Waals surface area contributed by atoms with E-state index in [1.54, 1.807) is 0 Å². The van der Waals surface area contributed by atoms with Crippen molar-refractivity contribution in [3.63, 3.8) is 0 Å². The first-order chi connectivity index (χ1) is 14.2. The second-order valence-corrected chi connectivity index (χ2v) is 7.51. The summed E-state index contributed by atoms with van der Waals surface area (Å²) in [6.07, 6.45) is 0.996. The average molecular weight is 526 g/mol. The van der Waals surface area contributed by atoms with Crippen molar-refractivity contribution in [3.8, 4) is 0 Å². The molecule has 30 heavy (non-hydrogen) atoms. The van der Waals surface area contributed by atoms with Crippen LogP contribution in [-0.4, -0.2) is 60.5 Å². The van der Waals surface area contributed by atoms with E-state index in [0.717, 1.165) is 70.6 Å². The van der Waals surface area contributed by atoms with Gasteiger partial charge in [-0.25, -0.2) is 0 Å². The van der Waals surface area contributed by atoms with E-state index in [1.807, 2.05) is 14.0 Å². The third kappa shape index (κ3) is 7.55. The van der Waals surface area contributed by atoms with Crippen LogP contribution in [0.3, 0.4) is 0 Å². The molecule has 1 saturated heterocycles. The Labute approximate surface area is 197 Å². The van der Waals surface area contributed by atoms with E-state index in [1.165, 1.54) is 16.8 Å². The Bertz CT molecular complexity index is 801. The van der Waals surface area contributed by atoms with Crippen molar-refractivity contribution < 1.29 is 4.74 Å². The fourth-order valence-corrected chi connectivity index (χ4v) is 3.62. The topological polar surface area (TPSA) is 66.7 Å². The van der Waals surface area contributed by atoms with Gasteiger partial charge in [0, 0.05) is 52.0 Å². The van der Waals surface area contributed by atoms with Crippen molar-refractivity contribution in [2.45, 2.75) is 39.9 Å². The smallest absolute Gasteiger partial charge is 0.191 e. The highest BCUT2D eigenvalue weighted by molar-refractivity contribution is 14.0. The number of nitrogens with one attached hydrogen (secondary N) is 2. The highest BCUT2D eigenvalue weighted by Gasteiger charge is 2.12. The van der Waals surface area contributed by atoms with E-state index < -0.39 is 0 Å². The molecule has 1 aromatic heterocycles. The summed E-state index contributed by atoms with van der Waals surface area (Å²) in [6.45, 7) is 11.3. The predicted octanol–water partition coefficient (Wildman–Crippen LogP) is 2.71. The van der Waals surface area contributed by atoms with Crippen molar-refractivity contribution in [1.29, 1.82) is 0 Å². The fourth-order valence-electron chi connectivity index (χ4n) is 3.62. The minimum Gasteiger partial charge on any atom is -0.379 e. The number of aromatic nitrogens is 2. The Hall–Kier alpha value is -1.65. The molecule has 0 amide bonds. The molecule has 1 fully saturated rings. The lowest BCUT2D eigenvalue weighted by Gasteiger charge is -2.27. The zero-order chi connectivity index (χ0) is 20.5. The van der Waals surface area contributed by atoms with E-state index in [2.05, 4.69) is 67.6 Å². The number of halogens is 1. The molecule has 2 aromatic rings. The number of hydrogen-bond donors (Lipinski definition) is 2. The molecule has 0 radical (unpaired) electrons. The maximum absolute atomic E-state index is 5.46. The molecule has 7 nitrogen and oxygen atoms in total. The summed E-state index contributed by atoms with van der Waals surface area (Å²) < 4.78 is 7.52. The average Bonchev–Trinajstić information content (AvgIpc) is 3.06. The van der Waals surface area contributed by atoms with Gasteiger partial charge in [0.1, 0.15) is 0 Å². The molecule has 0 saturated carbocycles. The number of hydrogen-bond acceptors (Lipinski definition) is 4. The van der Waals surface area contributed by atoms with Gasteiger partial charge >= 0.3 is 0 Å². The lowest BCUT2D eigenvalue weighted by atomic mass is 10.1. The van der Waals surface area contributed by atoms with Crippen LogP contribution in [0.5, 0.6) is 0 Å². The van der Waals surface area contributed by atoms with Gasteiger partial charge in [0.2, 0.25) is 0 Å². The van der Waals surface area contributed by atoms with Gasteiger partial charge in [-0.1, -0.05) is 24.3 Å². The summed E-state index contributed by atoms with van der Waals surface area (Å²) in [5, 5.41) is 11.4. The molecule has 3 rings (SSSR count). The molecule has 1 aromatic carbocycles. The van der Waals surface area contributed by atoms with E-state index >= 15 is 0 Å². The monoisotopic (exact) mass is 526 g/mol. The van der Waals surface area contributed by atoms with Gasteiger partial charge in [-0.05, 0) is 37.5 Å². The Balaban J connectivity index is 0.00000320. The Morgan fingerprint density at radius 2 is 1.87 bits per heavy atom.